The molecular formula is C29H27ClN2O2. The Balaban J connectivity index is 1.99. The highest BCUT2D eigenvalue weighted by Crippen LogP contribution is 2.30. The first-order valence-electron chi connectivity index (χ1n) is 11.4. The Morgan fingerprint density at radius 3 is 2.15 bits per heavy atom. The van der Waals surface area contributed by atoms with Crippen LogP contribution in [0.25, 0.3) is 16.9 Å². The van der Waals surface area contributed by atoms with E-state index in [1.54, 1.807) is 12.1 Å². The fourth-order valence-corrected chi connectivity index (χ4v) is 4.54. The van der Waals surface area contributed by atoms with E-state index >= 15 is 0 Å². The van der Waals surface area contributed by atoms with Crippen LogP contribution in [0.5, 0.6) is 0 Å². The lowest BCUT2D eigenvalue weighted by atomic mass is 10.00. The number of aromatic nitrogens is 1. The zero-order valence-corrected chi connectivity index (χ0v) is 20.3. The standard InChI is InChI=1S/C29H27ClN2O2/c1-4-20-11-9-12-21(5-2)27(20)31-29(34)26-25(33)17-19(3)32(24-15-7-6-8-16-24)28(26)22-13-10-14-23(30)18-22/h6-18H,4-5H2,1-3H3,(H,31,34). The molecule has 0 aliphatic rings. The van der Waals surface area contributed by atoms with Crippen LogP contribution in [0.15, 0.2) is 83.7 Å². The van der Waals surface area contributed by atoms with E-state index in [1.807, 2.05) is 72.2 Å². The molecule has 4 aromatic rings. The van der Waals surface area contributed by atoms with Crippen molar-refractivity contribution in [2.24, 2.45) is 0 Å². The molecule has 0 saturated heterocycles. The van der Waals surface area contributed by atoms with E-state index in [9.17, 15) is 9.59 Å². The minimum atomic E-state index is -0.430. The van der Waals surface area contributed by atoms with Gasteiger partial charge in [-0.15, -0.1) is 0 Å². The summed E-state index contributed by atoms with van der Waals surface area (Å²) >= 11 is 6.33. The molecule has 0 fully saturated rings. The zero-order valence-electron chi connectivity index (χ0n) is 19.6. The van der Waals surface area contributed by atoms with Crippen LogP contribution in [0, 0.1) is 6.92 Å². The van der Waals surface area contributed by atoms with Gasteiger partial charge in [0.05, 0.1) is 5.69 Å². The molecule has 0 atom stereocenters. The quantitative estimate of drug-likeness (QED) is 0.335. The molecule has 1 amide bonds. The monoisotopic (exact) mass is 470 g/mol. The number of nitrogens with one attached hydrogen (secondary N) is 1. The van der Waals surface area contributed by atoms with E-state index in [0.717, 1.165) is 41.0 Å². The van der Waals surface area contributed by atoms with Gasteiger partial charge >= 0.3 is 0 Å². The molecule has 0 radical (unpaired) electrons. The average Bonchev–Trinajstić information content (AvgIpc) is 2.84. The summed E-state index contributed by atoms with van der Waals surface area (Å²) in [6.45, 7) is 5.97. The number of nitrogens with zero attached hydrogens (tertiary/aromatic N) is 1. The second-order valence-corrected chi connectivity index (χ2v) is 8.60. The highest BCUT2D eigenvalue weighted by molar-refractivity contribution is 6.30. The third kappa shape index (κ3) is 4.55. The molecule has 1 N–H and O–H groups in total. The second kappa shape index (κ2) is 10.1. The number of halogens is 1. The number of anilines is 1. The normalized spacial score (nSPS) is 10.8. The predicted octanol–water partition coefficient (Wildman–Crippen LogP) is 6.84. The van der Waals surface area contributed by atoms with Gasteiger partial charge in [0.1, 0.15) is 5.56 Å². The van der Waals surface area contributed by atoms with Crippen molar-refractivity contribution in [3.05, 3.63) is 116 Å². The SMILES string of the molecule is CCc1cccc(CC)c1NC(=O)c1c(-c2cccc(Cl)c2)n(-c2ccccc2)c(C)cc1=O. The summed E-state index contributed by atoms with van der Waals surface area (Å²) < 4.78 is 1.94. The van der Waals surface area contributed by atoms with Gasteiger partial charge in [-0.1, -0.05) is 74.0 Å². The topological polar surface area (TPSA) is 51.1 Å². The molecule has 5 heteroatoms. The molecule has 0 aliphatic heterocycles. The Morgan fingerprint density at radius 2 is 1.53 bits per heavy atom. The van der Waals surface area contributed by atoms with Crippen LogP contribution in [0.2, 0.25) is 5.02 Å². The van der Waals surface area contributed by atoms with E-state index in [0.29, 0.717) is 16.3 Å². The van der Waals surface area contributed by atoms with E-state index in [2.05, 4.69) is 19.2 Å². The number of pyridine rings is 1. The average molecular weight is 471 g/mol. The molecule has 1 heterocycles. The molecular weight excluding hydrogens is 444 g/mol. The maximum atomic E-state index is 13.8. The highest BCUT2D eigenvalue weighted by atomic mass is 35.5. The Bertz CT molecular complexity index is 1390. The van der Waals surface area contributed by atoms with Gasteiger partial charge in [0.2, 0.25) is 0 Å². The van der Waals surface area contributed by atoms with Crippen LogP contribution < -0.4 is 10.7 Å². The predicted molar refractivity (Wildman–Crippen MR) is 140 cm³/mol. The maximum absolute atomic E-state index is 13.8. The van der Waals surface area contributed by atoms with E-state index < -0.39 is 5.91 Å². The first kappa shape index (κ1) is 23.5. The van der Waals surface area contributed by atoms with Gasteiger partial charge < -0.3 is 9.88 Å². The molecule has 0 saturated carbocycles. The first-order chi connectivity index (χ1) is 16.4. The number of carbonyl (C=O) groups is 1. The van der Waals surface area contributed by atoms with Crippen LogP contribution in [0.3, 0.4) is 0 Å². The molecule has 0 spiro atoms. The van der Waals surface area contributed by atoms with Gasteiger partial charge in [-0.2, -0.15) is 0 Å². The van der Waals surface area contributed by atoms with Crippen molar-refractivity contribution < 1.29 is 4.79 Å². The third-order valence-electron chi connectivity index (χ3n) is 5.98. The fraction of sp³-hybridized carbons (Fsp3) is 0.172. The van der Waals surface area contributed by atoms with Crippen molar-refractivity contribution >= 4 is 23.2 Å². The number of amides is 1. The molecule has 4 nitrogen and oxygen atoms in total. The number of hydrogen-bond acceptors (Lipinski definition) is 2. The number of carbonyl (C=O) groups excluding carboxylic acids is 1. The van der Waals surface area contributed by atoms with E-state index in [1.165, 1.54) is 6.07 Å². The summed E-state index contributed by atoms with van der Waals surface area (Å²) in [4.78, 5) is 27.1. The summed E-state index contributed by atoms with van der Waals surface area (Å²) in [5.74, 6) is -0.430. The van der Waals surface area contributed by atoms with Gasteiger partial charge in [0, 0.05) is 33.7 Å². The largest absolute Gasteiger partial charge is 0.321 e. The van der Waals surface area contributed by atoms with Crippen molar-refractivity contribution in [3.8, 4) is 16.9 Å². The van der Waals surface area contributed by atoms with Gasteiger partial charge in [-0.3, -0.25) is 9.59 Å². The summed E-state index contributed by atoms with van der Waals surface area (Å²) in [5.41, 5.74) is 5.40. The van der Waals surface area contributed by atoms with Gasteiger partial charge in [-0.25, -0.2) is 0 Å². The van der Waals surface area contributed by atoms with Crippen molar-refractivity contribution in [3.63, 3.8) is 0 Å². The van der Waals surface area contributed by atoms with Crippen LogP contribution in [0.4, 0.5) is 5.69 Å². The van der Waals surface area contributed by atoms with Crippen molar-refractivity contribution in [2.75, 3.05) is 5.32 Å². The maximum Gasteiger partial charge on any atom is 0.261 e. The third-order valence-corrected chi connectivity index (χ3v) is 6.21. The summed E-state index contributed by atoms with van der Waals surface area (Å²) in [6.07, 6.45) is 1.54. The molecule has 0 bridgehead atoms. The number of benzene rings is 3. The van der Waals surface area contributed by atoms with Crippen LogP contribution in [-0.2, 0) is 12.8 Å². The summed E-state index contributed by atoms with van der Waals surface area (Å²) in [5, 5.41) is 3.61. The second-order valence-electron chi connectivity index (χ2n) is 8.17. The van der Waals surface area contributed by atoms with Crippen molar-refractivity contribution in [2.45, 2.75) is 33.6 Å². The summed E-state index contributed by atoms with van der Waals surface area (Å²) in [7, 11) is 0. The number of para-hydroxylation sites is 2. The van der Waals surface area contributed by atoms with Crippen molar-refractivity contribution in [1.82, 2.24) is 4.57 Å². The van der Waals surface area contributed by atoms with Crippen LogP contribution in [0.1, 0.15) is 41.0 Å². The van der Waals surface area contributed by atoms with E-state index in [4.69, 9.17) is 11.6 Å². The molecule has 3 aromatic carbocycles. The number of rotatable bonds is 6. The van der Waals surface area contributed by atoms with Gasteiger partial charge in [-0.05, 0) is 55.2 Å². The molecule has 0 aliphatic carbocycles. The van der Waals surface area contributed by atoms with Crippen molar-refractivity contribution in [1.29, 1.82) is 0 Å². The van der Waals surface area contributed by atoms with Gasteiger partial charge in [0.25, 0.3) is 5.91 Å². The number of aryl methyl sites for hydroxylation is 3. The molecule has 34 heavy (non-hydrogen) atoms. The Kier molecular flexibility index (Phi) is 6.99. The van der Waals surface area contributed by atoms with Gasteiger partial charge in [0.15, 0.2) is 5.43 Å². The minimum absolute atomic E-state index is 0.0877. The Morgan fingerprint density at radius 1 is 0.882 bits per heavy atom. The molecule has 1 aromatic heterocycles. The number of hydrogen-bond donors (Lipinski definition) is 1. The smallest absolute Gasteiger partial charge is 0.261 e. The van der Waals surface area contributed by atoms with Crippen LogP contribution >= 0.6 is 11.6 Å². The molecule has 0 unspecified atom stereocenters. The highest BCUT2D eigenvalue weighted by Gasteiger charge is 2.24. The van der Waals surface area contributed by atoms with E-state index in [-0.39, 0.29) is 11.0 Å². The van der Waals surface area contributed by atoms with Crippen LogP contribution in [-0.4, -0.2) is 10.5 Å². The lowest BCUT2D eigenvalue weighted by Gasteiger charge is -2.21. The Labute approximate surface area is 204 Å². The molecule has 4 rings (SSSR count). The molecule has 172 valence electrons. The minimum Gasteiger partial charge on any atom is -0.321 e. The zero-order chi connectivity index (χ0) is 24.2. The lowest BCUT2D eigenvalue weighted by Crippen LogP contribution is -2.27. The summed E-state index contributed by atoms with van der Waals surface area (Å²) in [6, 6.07) is 24.5. The Hall–Kier alpha value is -3.63. The fourth-order valence-electron chi connectivity index (χ4n) is 4.35. The lowest BCUT2D eigenvalue weighted by molar-refractivity contribution is 0.102. The first-order valence-corrected chi connectivity index (χ1v) is 11.8.